The van der Waals surface area contributed by atoms with E-state index in [1.165, 1.54) is 0 Å². The molecular formula is C18H16ClN3O2. The molecule has 6 heteroatoms. The van der Waals surface area contributed by atoms with Crippen LogP contribution in [0.15, 0.2) is 61.4 Å². The number of halogens is 1. The maximum atomic E-state index is 12.2. The Balaban J connectivity index is 1.62. The van der Waals surface area contributed by atoms with Crippen molar-refractivity contribution in [2.75, 3.05) is 6.61 Å². The summed E-state index contributed by atoms with van der Waals surface area (Å²) in [7, 11) is 0. The van der Waals surface area contributed by atoms with Gasteiger partial charge in [0.25, 0.3) is 5.91 Å². The van der Waals surface area contributed by atoms with Gasteiger partial charge in [-0.2, -0.15) is 0 Å². The molecule has 1 aromatic carbocycles. The zero-order valence-electron chi connectivity index (χ0n) is 12.9. The van der Waals surface area contributed by atoms with Crippen LogP contribution in [0.2, 0.25) is 5.02 Å². The van der Waals surface area contributed by atoms with Crippen LogP contribution < -0.4 is 10.1 Å². The van der Waals surface area contributed by atoms with Crippen molar-refractivity contribution in [3.63, 3.8) is 0 Å². The Labute approximate surface area is 144 Å². The van der Waals surface area contributed by atoms with Crippen LogP contribution in [0.4, 0.5) is 0 Å². The summed E-state index contributed by atoms with van der Waals surface area (Å²) < 4.78 is 7.22. The largest absolute Gasteiger partial charge is 0.490 e. The van der Waals surface area contributed by atoms with E-state index in [0.717, 1.165) is 11.3 Å². The Bertz CT molecular complexity index is 872. The number of ether oxygens (including phenoxy) is 1. The van der Waals surface area contributed by atoms with Gasteiger partial charge < -0.3 is 14.5 Å². The summed E-state index contributed by atoms with van der Waals surface area (Å²) in [6.07, 6.45) is 5.29. The lowest BCUT2D eigenvalue weighted by molar-refractivity contribution is 0.0950. The van der Waals surface area contributed by atoms with Crippen molar-refractivity contribution in [2.45, 2.75) is 6.54 Å². The predicted octanol–water partition coefficient (Wildman–Crippen LogP) is 3.48. The Morgan fingerprint density at radius 3 is 2.79 bits per heavy atom. The maximum absolute atomic E-state index is 12.2. The molecule has 0 saturated heterocycles. The van der Waals surface area contributed by atoms with Gasteiger partial charge in [-0.1, -0.05) is 24.3 Å². The van der Waals surface area contributed by atoms with Crippen LogP contribution in [0.5, 0.6) is 5.75 Å². The number of carbonyl (C=O) groups excluding carboxylic acids is 1. The minimum Gasteiger partial charge on any atom is -0.490 e. The van der Waals surface area contributed by atoms with Gasteiger partial charge in [0.2, 0.25) is 0 Å². The Morgan fingerprint density at radius 2 is 2.04 bits per heavy atom. The Hall–Kier alpha value is -2.79. The minimum atomic E-state index is -0.166. The first-order valence-electron chi connectivity index (χ1n) is 7.41. The van der Waals surface area contributed by atoms with Crippen LogP contribution in [0, 0.1) is 0 Å². The number of benzene rings is 1. The van der Waals surface area contributed by atoms with Crippen molar-refractivity contribution in [3.8, 4) is 5.75 Å². The summed E-state index contributed by atoms with van der Waals surface area (Å²) in [5, 5.41) is 3.48. The molecule has 0 spiro atoms. The summed E-state index contributed by atoms with van der Waals surface area (Å²) in [5.41, 5.74) is 2.11. The summed E-state index contributed by atoms with van der Waals surface area (Å²) in [5.74, 6) is 0.532. The Morgan fingerprint density at radius 1 is 1.25 bits per heavy atom. The fourth-order valence-electron chi connectivity index (χ4n) is 2.23. The van der Waals surface area contributed by atoms with Crippen LogP contribution >= 0.6 is 11.6 Å². The van der Waals surface area contributed by atoms with Crippen LogP contribution in [-0.4, -0.2) is 21.9 Å². The number of hydrogen-bond donors (Lipinski definition) is 1. The monoisotopic (exact) mass is 341 g/mol. The van der Waals surface area contributed by atoms with Gasteiger partial charge in [-0.15, -0.1) is 0 Å². The lowest BCUT2D eigenvalue weighted by atomic mass is 10.2. The molecule has 3 aromatic rings. The number of nitrogens with zero attached hydrogens (tertiary/aromatic N) is 2. The number of carbonyl (C=O) groups is 1. The molecule has 0 atom stereocenters. The maximum Gasteiger partial charge on any atom is 0.251 e. The molecular weight excluding hydrogens is 326 g/mol. The summed E-state index contributed by atoms with van der Waals surface area (Å²) in [6, 6.07) is 10.6. The molecule has 0 aliphatic carbocycles. The van der Waals surface area contributed by atoms with Crippen LogP contribution in [0.3, 0.4) is 0 Å². The van der Waals surface area contributed by atoms with Crippen LogP contribution in [-0.2, 0) is 6.54 Å². The third kappa shape index (κ3) is 3.75. The van der Waals surface area contributed by atoms with Gasteiger partial charge in [0.15, 0.2) is 0 Å². The molecule has 24 heavy (non-hydrogen) atoms. The number of aromatic nitrogens is 2. The highest BCUT2D eigenvalue weighted by Crippen LogP contribution is 2.13. The lowest BCUT2D eigenvalue weighted by Gasteiger charge is -2.05. The van der Waals surface area contributed by atoms with Gasteiger partial charge in [0.1, 0.15) is 18.0 Å². The number of fused-ring (bicyclic) bond motifs is 1. The van der Waals surface area contributed by atoms with Gasteiger partial charge in [-0.3, -0.25) is 4.79 Å². The molecule has 1 amide bonds. The molecule has 1 N–H and O–H groups in total. The van der Waals surface area contributed by atoms with Gasteiger partial charge in [-0.25, -0.2) is 4.98 Å². The number of amides is 1. The van der Waals surface area contributed by atoms with Gasteiger partial charge >= 0.3 is 0 Å². The third-order valence-corrected chi connectivity index (χ3v) is 3.60. The van der Waals surface area contributed by atoms with Crippen molar-refractivity contribution in [1.82, 2.24) is 14.7 Å². The molecule has 3 rings (SSSR count). The molecule has 0 fully saturated rings. The molecule has 2 aromatic heterocycles. The minimum absolute atomic E-state index is 0.166. The Kier molecular flexibility index (Phi) is 4.82. The normalized spacial score (nSPS) is 10.5. The van der Waals surface area contributed by atoms with Crippen molar-refractivity contribution in [1.29, 1.82) is 0 Å². The average Bonchev–Trinajstić information content (AvgIpc) is 3.00. The molecule has 0 bridgehead atoms. The predicted molar refractivity (Wildman–Crippen MR) is 93.5 cm³/mol. The standard InChI is InChI=1S/C18H16ClN3O2/c1-2-9-24-16-6-3-13(4-7-16)18(23)20-10-15-12-22-11-14(19)5-8-17(22)21-15/h2-8,11-12H,1,9-10H2,(H,20,23). The molecule has 0 aliphatic heterocycles. The number of rotatable bonds is 6. The second kappa shape index (κ2) is 7.19. The number of nitrogens with one attached hydrogen (secondary N) is 1. The van der Waals surface area contributed by atoms with E-state index in [4.69, 9.17) is 16.3 Å². The second-order valence-corrected chi connectivity index (χ2v) is 5.59. The fourth-order valence-corrected chi connectivity index (χ4v) is 2.40. The van der Waals surface area contributed by atoms with Crippen molar-refractivity contribution >= 4 is 23.2 Å². The highest BCUT2D eigenvalue weighted by Gasteiger charge is 2.07. The highest BCUT2D eigenvalue weighted by atomic mass is 35.5. The molecule has 0 radical (unpaired) electrons. The van der Waals surface area contributed by atoms with E-state index in [1.807, 2.05) is 16.7 Å². The summed E-state index contributed by atoms with van der Waals surface area (Å²) >= 11 is 5.95. The zero-order valence-corrected chi connectivity index (χ0v) is 13.7. The van der Waals surface area contributed by atoms with Crippen molar-refractivity contribution in [2.24, 2.45) is 0 Å². The fraction of sp³-hybridized carbons (Fsp3) is 0.111. The van der Waals surface area contributed by atoms with E-state index in [0.29, 0.717) is 29.5 Å². The van der Waals surface area contributed by atoms with E-state index < -0.39 is 0 Å². The van der Waals surface area contributed by atoms with Crippen LogP contribution in [0.25, 0.3) is 5.65 Å². The average molecular weight is 342 g/mol. The topological polar surface area (TPSA) is 55.6 Å². The van der Waals surface area contributed by atoms with Crippen LogP contribution in [0.1, 0.15) is 16.1 Å². The van der Waals surface area contributed by atoms with E-state index >= 15 is 0 Å². The molecule has 122 valence electrons. The van der Waals surface area contributed by atoms with E-state index in [-0.39, 0.29) is 5.91 Å². The smallest absolute Gasteiger partial charge is 0.251 e. The zero-order chi connectivity index (χ0) is 16.9. The van der Waals surface area contributed by atoms with Gasteiger partial charge in [0, 0.05) is 18.0 Å². The third-order valence-electron chi connectivity index (χ3n) is 3.38. The number of imidazole rings is 1. The van der Waals surface area contributed by atoms with E-state index in [2.05, 4.69) is 16.9 Å². The first-order valence-corrected chi connectivity index (χ1v) is 7.78. The SMILES string of the molecule is C=CCOc1ccc(C(=O)NCc2cn3cc(Cl)ccc3n2)cc1. The van der Waals surface area contributed by atoms with Crippen molar-refractivity contribution in [3.05, 3.63) is 77.7 Å². The first-order chi connectivity index (χ1) is 11.7. The molecule has 0 aliphatic rings. The number of pyridine rings is 1. The first kappa shape index (κ1) is 16.1. The van der Waals surface area contributed by atoms with E-state index in [1.54, 1.807) is 42.6 Å². The lowest BCUT2D eigenvalue weighted by Crippen LogP contribution is -2.22. The second-order valence-electron chi connectivity index (χ2n) is 5.15. The molecule has 0 saturated carbocycles. The molecule has 0 unspecified atom stereocenters. The molecule has 2 heterocycles. The van der Waals surface area contributed by atoms with E-state index in [9.17, 15) is 4.79 Å². The quantitative estimate of drug-likeness (QED) is 0.698. The highest BCUT2D eigenvalue weighted by molar-refractivity contribution is 6.30. The van der Waals surface area contributed by atoms with Gasteiger partial charge in [0.05, 0.1) is 17.3 Å². The summed E-state index contributed by atoms with van der Waals surface area (Å²) in [6.45, 7) is 4.37. The number of hydrogen-bond acceptors (Lipinski definition) is 3. The molecule has 5 nitrogen and oxygen atoms in total. The van der Waals surface area contributed by atoms with Crippen molar-refractivity contribution < 1.29 is 9.53 Å². The summed E-state index contributed by atoms with van der Waals surface area (Å²) in [4.78, 5) is 16.6. The van der Waals surface area contributed by atoms with Gasteiger partial charge in [-0.05, 0) is 36.4 Å².